The first-order valence-electron chi connectivity index (χ1n) is 6.90. The maximum absolute atomic E-state index is 12.1. The third-order valence-corrected chi connectivity index (χ3v) is 3.74. The van der Waals surface area contributed by atoms with Crippen LogP contribution < -0.4 is 5.32 Å². The molecule has 4 nitrogen and oxygen atoms in total. The maximum Gasteiger partial charge on any atom is 0.237 e. The topological polar surface area (TPSA) is 52.6 Å². The molecule has 2 rings (SSSR count). The van der Waals surface area contributed by atoms with Crippen LogP contribution in [0, 0.1) is 0 Å². The number of carbonyl (C=O) groups is 1. The Kier molecular flexibility index (Phi) is 4.93. The van der Waals surface area contributed by atoms with Gasteiger partial charge in [0.15, 0.2) is 0 Å². The van der Waals surface area contributed by atoms with Crippen LogP contribution in [0.5, 0.6) is 0 Å². The SMILES string of the molecule is CC(C(=O)NCc1ccccc1)N1CCC(O)CC1. The zero-order valence-electron chi connectivity index (χ0n) is 11.4. The minimum absolute atomic E-state index is 0.0558. The van der Waals surface area contributed by atoms with Crippen molar-refractivity contribution in [2.45, 2.75) is 38.5 Å². The summed E-state index contributed by atoms with van der Waals surface area (Å²) in [4.78, 5) is 14.2. The Hall–Kier alpha value is -1.39. The summed E-state index contributed by atoms with van der Waals surface area (Å²) in [5, 5.41) is 12.4. The second-order valence-electron chi connectivity index (χ2n) is 5.15. The predicted molar refractivity (Wildman–Crippen MR) is 74.6 cm³/mol. The van der Waals surface area contributed by atoms with Crippen LogP contribution in [0.2, 0.25) is 0 Å². The van der Waals surface area contributed by atoms with Crippen molar-refractivity contribution < 1.29 is 9.90 Å². The van der Waals surface area contributed by atoms with E-state index >= 15 is 0 Å². The smallest absolute Gasteiger partial charge is 0.237 e. The molecule has 104 valence electrons. The molecule has 1 amide bonds. The number of likely N-dealkylation sites (tertiary alicyclic amines) is 1. The molecule has 0 bridgehead atoms. The molecule has 0 radical (unpaired) electrons. The van der Waals surface area contributed by atoms with Gasteiger partial charge in [-0.05, 0) is 25.3 Å². The maximum atomic E-state index is 12.1. The lowest BCUT2D eigenvalue weighted by molar-refractivity contribution is -0.126. The minimum Gasteiger partial charge on any atom is -0.393 e. The van der Waals surface area contributed by atoms with Crippen LogP contribution >= 0.6 is 0 Å². The molecule has 0 saturated carbocycles. The molecular weight excluding hydrogens is 240 g/mol. The first-order chi connectivity index (χ1) is 9.16. The van der Waals surface area contributed by atoms with E-state index in [9.17, 15) is 9.90 Å². The van der Waals surface area contributed by atoms with E-state index in [4.69, 9.17) is 0 Å². The standard InChI is InChI=1S/C15H22N2O2/c1-12(17-9-7-14(18)8-10-17)15(19)16-11-13-5-3-2-4-6-13/h2-6,12,14,18H,7-11H2,1H3,(H,16,19). The first-order valence-corrected chi connectivity index (χ1v) is 6.90. The Morgan fingerprint density at radius 2 is 2.00 bits per heavy atom. The highest BCUT2D eigenvalue weighted by Crippen LogP contribution is 2.13. The largest absolute Gasteiger partial charge is 0.393 e. The quantitative estimate of drug-likeness (QED) is 0.856. The van der Waals surface area contributed by atoms with Crippen molar-refractivity contribution in [2.24, 2.45) is 0 Å². The van der Waals surface area contributed by atoms with E-state index in [0.717, 1.165) is 31.5 Å². The molecule has 1 aliphatic heterocycles. The van der Waals surface area contributed by atoms with Crippen molar-refractivity contribution in [3.8, 4) is 0 Å². The number of nitrogens with one attached hydrogen (secondary N) is 1. The van der Waals surface area contributed by atoms with Gasteiger partial charge in [-0.2, -0.15) is 0 Å². The van der Waals surface area contributed by atoms with Crippen LogP contribution in [0.1, 0.15) is 25.3 Å². The second kappa shape index (κ2) is 6.68. The van der Waals surface area contributed by atoms with E-state index < -0.39 is 0 Å². The number of carbonyl (C=O) groups excluding carboxylic acids is 1. The van der Waals surface area contributed by atoms with Crippen molar-refractivity contribution >= 4 is 5.91 Å². The molecule has 4 heteroatoms. The fourth-order valence-electron chi connectivity index (χ4n) is 2.37. The third kappa shape index (κ3) is 4.04. The van der Waals surface area contributed by atoms with Gasteiger partial charge in [0.25, 0.3) is 0 Å². The molecular formula is C15H22N2O2. The van der Waals surface area contributed by atoms with E-state index in [1.807, 2.05) is 37.3 Å². The molecule has 0 aliphatic carbocycles. The normalized spacial score (nSPS) is 19.1. The third-order valence-electron chi connectivity index (χ3n) is 3.74. The van der Waals surface area contributed by atoms with Crippen molar-refractivity contribution in [3.63, 3.8) is 0 Å². The lowest BCUT2D eigenvalue weighted by Gasteiger charge is -2.33. The van der Waals surface area contributed by atoms with Crippen LogP contribution in [-0.4, -0.2) is 41.1 Å². The average molecular weight is 262 g/mol. The molecule has 0 spiro atoms. The highest BCUT2D eigenvalue weighted by Gasteiger charge is 2.25. The van der Waals surface area contributed by atoms with E-state index in [2.05, 4.69) is 10.2 Å². The van der Waals surface area contributed by atoms with Gasteiger partial charge in [-0.1, -0.05) is 30.3 Å². The number of piperidine rings is 1. The zero-order valence-corrected chi connectivity index (χ0v) is 11.4. The van der Waals surface area contributed by atoms with Gasteiger partial charge < -0.3 is 10.4 Å². The van der Waals surface area contributed by atoms with Gasteiger partial charge in [0.05, 0.1) is 12.1 Å². The van der Waals surface area contributed by atoms with Gasteiger partial charge in [-0.15, -0.1) is 0 Å². The molecule has 1 saturated heterocycles. The van der Waals surface area contributed by atoms with E-state index in [1.54, 1.807) is 0 Å². The summed E-state index contributed by atoms with van der Waals surface area (Å²) in [6, 6.07) is 9.78. The molecule has 1 heterocycles. The molecule has 1 aliphatic rings. The average Bonchev–Trinajstić information content (AvgIpc) is 2.46. The van der Waals surface area contributed by atoms with E-state index in [1.165, 1.54) is 0 Å². The summed E-state index contributed by atoms with van der Waals surface area (Å²) >= 11 is 0. The van der Waals surface area contributed by atoms with Crippen LogP contribution in [-0.2, 0) is 11.3 Å². The second-order valence-corrected chi connectivity index (χ2v) is 5.15. The Balaban J connectivity index is 1.79. The van der Waals surface area contributed by atoms with Gasteiger partial charge in [0.1, 0.15) is 0 Å². The number of aliphatic hydroxyl groups is 1. The Bertz CT molecular complexity index is 400. The zero-order chi connectivity index (χ0) is 13.7. The highest BCUT2D eigenvalue weighted by atomic mass is 16.3. The van der Waals surface area contributed by atoms with Crippen LogP contribution in [0.3, 0.4) is 0 Å². The summed E-state index contributed by atoms with van der Waals surface area (Å²) in [5.74, 6) is 0.0558. The minimum atomic E-state index is -0.198. The van der Waals surface area contributed by atoms with Gasteiger partial charge in [0.2, 0.25) is 5.91 Å². The molecule has 19 heavy (non-hydrogen) atoms. The van der Waals surface area contributed by atoms with E-state index in [0.29, 0.717) is 6.54 Å². The number of hydrogen-bond acceptors (Lipinski definition) is 3. The number of rotatable bonds is 4. The van der Waals surface area contributed by atoms with Crippen molar-refractivity contribution in [1.82, 2.24) is 10.2 Å². The molecule has 0 aromatic heterocycles. The van der Waals surface area contributed by atoms with Crippen LogP contribution in [0.25, 0.3) is 0 Å². The van der Waals surface area contributed by atoms with Crippen LogP contribution in [0.4, 0.5) is 0 Å². The highest BCUT2D eigenvalue weighted by molar-refractivity contribution is 5.81. The van der Waals surface area contributed by atoms with Crippen molar-refractivity contribution in [2.75, 3.05) is 13.1 Å². The number of benzene rings is 1. The fraction of sp³-hybridized carbons (Fsp3) is 0.533. The summed E-state index contributed by atoms with van der Waals surface area (Å²) < 4.78 is 0. The van der Waals surface area contributed by atoms with Crippen molar-refractivity contribution in [1.29, 1.82) is 0 Å². The molecule has 1 aromatic carbocycles. The molecule has 1 aromatic rings. The summed E-state index contributed by atoms with van der Waals surface area (Å²) in [6.45, 7) is 4.08. The summed E-state index contributed by atoms with van der Waals surface area (Å²) in [7, 11) is 0. The fourth-order valence-corrected chi connectivity index (χ4v) is 2.37. The van der Waals surface area contributed by atoms with Gasteiger partial charge in [0, 0.05) is 19.6 Å². The Morgan fingerprint density at radius 3 is 2.63 bits per heavy atom. The first kappa shape index (κ1) is 14.0. The lowest BCUT2D eigenvalue weighted by atomic mass is 10.1. The number of amides is 1. The summed E-state index contributed by atoms with van der Waals surface area (Å²) in [5.41, 5.74) is 1.11. The predicted octanol–water partition coefficient (Wildman–Crippen LogP) is 1.15. The van der Waals surface area contributed by atoms with E-state index in [-0.39, 0.29) is 18.1 Å². The monoisotopic (exact) mass is 262 g/mol. The van der Waals surface area contributed by atoms with Gasteiger partial charge in [-0.25, -0.2) is 0 Å². The van der Waals surface area contributed by atoms with Crippen LogP contribution in [0.15, 0.2) is 30.3 Å². The number of hydrogen-bond donors (Lipinski definition) is 2. The Morgan fingerprint density at radius 1 is 1.37 bits per heavy atom. The molecule has 1 fully saturated rings. The molecule has 1 atom stereocenters. The molecule has 1 unspecified atom stereocenters. The molecule has 2 N–H and O–H groups in total. The van der Waals surface area contributed by atoms with Gasteiger partial charge in [-0.3, -0.25) is 9.69 Å². The lowest BCUT2D eigenvalue weighted by Crippen LogP contribution is -2.48. The number of aliphatic hydroxyl groups excluding tert-OH is 1. The summed E-state index contributed by atoms with van der Waals surface area (Å²) in [6.07, 6.45) is 1.32. The Labute approximate surface area is 114 Å². The van der Waals surface area contributed by atoms with Crippen molar-refractivity contribution in [3.05, 3.63) is 35.9 Å². The van der Waals surface area contributed by atoms with Gasteiger partial charge >= 0.3 is 0 Å². The number of nitrogens with zero attached hydrogens (tertiary/aromatic N) is 1.